The number of urea groups is 1. The lowest BCUT2D eigenvalue weighted by atomic mass is 10.2. The first-order valence-corrected chi connectivity index (χ1v) is 9.21. The minimum atomic E-state index is -0.214. The Labute approximate surface area is 163 Å². The van der Waals surface area contributed by atoms with E-state index in [1.165, 1.54) is 4.90 Å². The summed E-state index contributed by atoms with van der Waals surface area (Å²) in [6, 6.07) is 16.5. The van der Waals surface area contributed by atoms with Crippen LogP contribution in [-0.4, -0.2) is 59.6 Å². The largest absolute Gasteiger partial charge is 0.395 e. The van der Waals surface area contributed by atoms with Gasteiger partial charge in [0.2, 0.25) is 5.91 Å². The number of hydrogen-bond acceptors (Lipinski definition) is 3. The van der Waals surface area contributed by atoms with Gasteiger partial charge in [0, 0.05) is 36.9 Å². The van der Waals surface area contributed by atoms with Crippen LogP contribution in [0, 0.1) is 0 Å². The third-order valence-corrected chi connectivity index (χ3v) is 4.71. The first kappa shape index (κ1) is 19.2. The highest BCUT2D eigenvalue weighted by molar-refractivity contribution is 6.30. The molecule has 0 unspecified atom stereocenters. The van der Waals surface area contributed by atoms with Crippen LogP contribution in [0.4, 0.5) is 10.5 Å². The van der Waals surface area contributed by atoms with Gasteiger partial charge in [-0.2, -0.15) is 0 Å². The second-order valence-electron chi connectivity index (χ2n) is 6.36. The molecule has 6 nitrogen and oxygen atoms in total. The van der Waals surface area contributed by atoms with E-state index in [0.717, 1.165) is 11.3 Å². The van der Waals surface area contributed by atoms with Crippen molar-refractivity contribution in [3.05, 3.63) is 65.2 Å². The molecule has 3 amide bonds. The van der Waals surface area contributed by atoms with E-state index in [1.54, 1.807) is 28.0 Å². The zero-order chi connectivity index (χ0) is 19.2. The van der Waals surface area contributed by atoms with E-state index in [2.05, 4.69) is 0 Å². The molecule has 0 saturated carbocycles. The van der Waals surface area contributed by atoms with Crippen molar-refractivity contribution in [3.8, 4) is 0 Å². The van der Waals surface area contributed by atoms with E-state index >= 15 is 0 Å². The van der Waals surface area contributed by atoms with Gasteiger partial charge in [0.15, 0.2) is 0 Å². The maximum atomic E-state index is 12.7. The third-order valence-electron chi connectivity index (χ3n) is 4.48. The molecule has 2 aromatic rings. The second-order valence-corrected chi connectivity index (χ2v) is 6.80. The molecule has 1 saturated heterocycles. The smallest absolute Gasteiger partial charge is 0.325 e. The van der Waals surface area contributed by atoms with Crippen LogP contribution < -0.4 is 4.90 Å². The Morgan fingerprint density at radius 1 is 1.11 bits per heavy atom. The number of nitrogens with zero attached hydrogens (tertiary/aromatic N) is 3. The van der Waals surface area contributed by atoms with Gasteiger partial charge in [0.25, 0.3) is 0 Å². The fourth-order valence-corrected chi connectivity index (χ4v) is 3.28. The number of rotatable bonds is 7. The fraction of sp³-hybridized carbons (Fsp3) is 0.300. The maximum absolute atomic E-state index is 12.7. The zero-order valence-electron chi connectivity index (χ0n) is 14.9. The van der Waals surface area contributed by atoms with E-state index in [-0.39, 0.29) is 31.6 Å². The van der Waals surface area contributed by atoms with Crippen molar-refractivity contribution in [1.29, 1.82) is 0 Å². The van der Waals surface area contributed by atoms with Crippen LogP contribution in [0.5, 0.6) is 0 Å². The van der Waals surface area contributed by atoms with Gasteiger partial charge in [0.05, 0.1) is 6.61 Å². The number of benzene rings is 2. The molecule has 1 aliphatic rings. The van der Waals surface area contributed by atoms with Crippen molar-refractivity contribution in [2.24, 2.45) is 0 Å². The van der Waals surface area contributed by atoms with Crippen LogP contribution in [0.3, 0.4) is 0 Å². The SMILES string of the molecule is O=C(CN1CCN(c2cccc(Cl)c2)C1=O)N(CCO)Cc1ccccc1. The lowest BCUT2D eigenvalue weighted by molar-refractivity contribution is -0.132. The van der Waals surface area contributed by atoms with Crippen molar-refractivity contribution in [1.82, 2.24) is 9.80 Å². The van der Waals surface area contributed by atoms with Crippen LogP contribution >= 0.6 is 11.6 Å². The standard InChI is InChI=1S/C20H22ClN3O3/c21-17-7-4-8-18(13-17)24-10-9-23(20(24)27)15-19(26)22(11-12-25)14-16-5-2-1-3-6-16/h1-8,13,25H,9-12,14-15H2. The van der Waals surface area contributed by atoms with Gasteiger partial charge < -0.3 is 14.9 Å². The normalized spacial score (nSPS) is 13.9. The second kappa shape index (κ2) is 8.88. The van der Waals surface area contributed by atoms with Crippen molar-refractivity contribution < 1.29 is 14.7 Å². The molecule has 1 aliphatic heterocycles. The molecule has 0 atom stereocenters. The summed E-state index contributed by atoms with van der Waals surface area (Å²) in [5.74, 6) is -0.186. The number of hydrogen-bond donors (Lipinski definition) is 1. The predicted molar refractivity (Wildman–Crippen MR) is 105 cm³/mol. The first-order valence-electron chi connectivity index (χ1n) is 8.83. The number of aliphatic hydroxyl groups excluding tert-OH is 1. The maximum Gasteiger partial charge on any atom is 0.325 e. The van der Waals surface area contributed by atoms with Crippen LogP contribution in [-0.2, 0) is 11.3 Å². The van der Waals surface area contributed by atoms with Crippen LogP contribution in [0.25, 0.3) is 0 Å². The van der Waals surface area contributed by atoms with Crippen LogP contribution in [0.15, 0.2) is 54.6 Å². The number of anilines is 1. The average molecular weight is 388 g/mol. The molecule has 0 aromatic heterocycles. The molecule has 7 heteroatoms. The highest BCUT2D eigenvalue weighted by Crippen LogP contribution is 2.23. The van der Waals surface area contributed by atoms with Gasteiger partial charge in [-0.25, -0.2) is 4.79 Å². The Morgan fingerprint density at radius 3 is 2.59 bits per heavy atom. The summed E-state index contributed by atoms with van der Waals surface area (Å²) >= 11 is 6.01. The van der Waals surface area contributed by atoms with E-state index in [4.69, 9.17) is 11.6 Å². The Hall–Kier alpha value is -2.57. The topological polar surface area (TPSA) is 64.1 Å². The number of aliphatic hydroxyl groups is 1. The highest BCUT2D eigenvalue weighted by atomic mass is 35.5. The number of halogens is 1. The van der Waals surface area contributed by atoms with E-state index < -0.39 is 0 Å². The molecule has 1 fully saturated rings. The lowest BCUT2D eigenvalue weighted by Gasteiger charge is -2.25. The summed E-state index contributed by atoms with van der Waals surface area (Å²) < 4.78 is 0. The first-order chi connectivity index (χ1) is 13.1. The molecule has 3 rings (SSSR count). The Morgan fingerprint density at radius 2 is 1.89 bits per heavy atom. The summed E-state index contributed by atoms with van der Waals surface area (Å²) in [7, 11) is 0. The molecule has 1 N–H and O–H groups in total. The van der Waals surface area contributed by atoms with Crippen molar-refractivity contribution in [2.75, 3.05) is 37.7 Å². The molecular formula is C20H22ClN3O3. The Kier molecular flexibility index (Phi) is 6.32. The van der Waals surface area contributed by atoms with Crippen LogP contribution in [0.1, 0.15) is 5.56 Å². The minimum absolute atomic E-state index is 0.0112. The highest BCUT2D eigenvalue weighted by Gasteiger charge is 2.32. The van der Waals surface area contributed by atoms with Gasteiger partial charge in [-0.05, 0) is 23.8 Å². The Bertz CT molecular complexity index is 800. The number of amides is 3. The molecule has 0 spiro atoms. The monoisotopic (exact) mass is 387 g/mol. The molecular weight excluding hydrogens is 366 g/mol. The van der Waals surface area contributed by atoms with Gasteiger partial charge in [0.1, 0.15) is 6.54 Å². The van der Waals surface area contributed by atoms with E-state index in [1.807, 2.05) is 36.4 Å². The minimum Gasteiger partial charge on any atom is -0.395 e. The van der Waals surface area contributed by atoms with Gasteiger partial charge in [-0.15, -0.1) is 0 Å². The molecule has 27 heavy (non-hydrogen) atoms. The van der Waals surface area contributed by atoms with E-state index in [0.29, 0.717) is 24.7 Å². The molecule has 142 valence electrons. The summed E-state index contributed by atoms with van der Waals surface area (Å²) in [6.07, 6.45) is 0. The number of carbonyl (C=O) groups excluding carboxylic acids is 2. The third kappa shape index (κ3) is 4.78. The molecule has 0 radical (unpaired) electrons. The quantitative estimate of drug-likeness (QED) is 0.794. The summed E-state index contributed by atoms with van der Waals surface area (Å²) in [5, 5.41) is 9.86. The molecule has 0 bridgehead atoms. The van der Waals surface area contributed by atoms with Crippen molar-refractivity contribution in [3.63, 3.8) is 0 Å². The molecule has 2 aromatic carbocycles. The summed E-state index contributed by atoms with van der Waals surface area (Å²) in [6.45, 7) is 1.47. The van der Waals surface area contributed by atoms with Crippen molar-refractivity contribution in [2.45, 2.75) is 6.54 Å². The molecule has 1 heterocycles. The fourth-order valence-electron chi connectivity index (χ4n) is 3.09. The Balaban J connectivity index is 1.64. The van der Waals surface area contributed by atoms with Crippen molar-refractivity contribution >= 4 is 29.2 Å². The summed E-state index contributed by atoms with van der Waals surface area (Å²) in [4.78, 5) is 30.1. The predicted octanol–water partition coefficient (Wildman–Crippen LogP) is 2.60. The summed E-state index contributed by atoms with van der Waals surface area (Å²) in [5.41, 5.74) is 1.70. The van der Waals surface area contributed by atoms with Gasteiger partial charge in [-0.3, -0.25) is 9.69 Å². The molecule has 0 aliphatic carbocycles. The van der Waals surface area contributed by atoms with E-state index in [9.17, 15) is 14.7 Å². The lowest BCUT2D eigenvalue weighted by Crippen LogP contribution is -2.43. The van der Waals surface area contributed by atoms with Gasteiger partial charge in [-0.1, -0.05) is 48.0 Å². The number of carbonyl (C=O) groups is 2. The zero-order valence-corrected chi connectivity index (χ0v) is 15.7. The van der Waals surface area contributed by atoms with Gasteiger partial charge >= 0.3 is 6.03 Å². The average Bonchev–Trinajstić information content (AvgIpc) is 3.02. The van der Waals surface area contributed by atoms with Crippen LogP contribution in [0.2, 0.25) is 5.02 Å².